The van der Waals surface area contributed by atoms with Crippen molar-refractivity contribution in [1.82, 2.24) is 25.0 Å². The predicted octanol–water partition coefficient (Wildman–Crippen LogP) is 1.59. The third-order valence-corrected chi connectivity index (χ3v) is 5.56. The van der Waals surface area contributed by atoms with Gasteiger partial charge in [0.1, 0.15) is 5.82 Å². The normalized spacial score (nSPS) is 23.5. The van der Waals surface area contributed by atoms with Crippen molar-refractivity contribution in [2.75, 3.05) is 49.3 Å². The highest BCUT2D eigenvalue weighted by Gasteiger charge is 2.27. The summed E-state index contributed by atoms with van der Waals surface area (Å²) in [5, 5.41) is 12.7. The highest BCUT2D eigenvalue weighted by Crippen LogP contribution is 2.33. The van der Waals surface area contributed by atoms with Crippen LogP contribution >= 0.6 is 0 Å². The summed E-state index contributed by atoms with van der Waals surface area (Å²) in [4.78, 5) is 9.74. The summed E-state index contributed by atoms with van der Waals surface area (Å²) in [5.41, 5.74) is 1.98. The van der Waals surface area contributed by atoms with Gasteiger partial charge in [0.2, 0.25) is 0 Å². The van der Waals surface area contributed by atoms with Crippen LogP contribution < -0.4 is 9.80 Å². The minimum Gasteiger partial charge on any atom is -0.377 e. The number of aromatic nitrogens is 5. The number of ether oxygens (including phenoxy) is 2. The monoisotopic (exact) mass is 383 g/mol. The molecule has 3 aromatic heterocycles. The molecule has 0 amide bonds. The molecular formula is C19H25N7O2. The summed E-state index contributed by atoms with van der Waals surface area (Å²) in [5.74, 6) is 1.76. The molecule has 28 heavy (non-hydrogen) atoms. The van der Waals surface area contributed by atoms with Crippen LogP contribution in [0.5, 0.6) is 0 Å². The van der Waals surface area contributed by atoms with Crippen LogP contribution in [0.1, 0.15) is 13.8 Å². The van der Waals surface area contributed by atoms with Crippen LogP contribution in [0.3, 0.4) is 0 Å². The first kappa shape index (κ1) is 17.4. The van der Waals surface area contributed by atoms with Gasteiger partial charge in [0.25, 0.3) is 0 Å². The van der Waals surface area contributed by atoms with Gasteiger partial charge in [0, 0.05) is 31.3 Å². The van der Waals surface area contributed by atoms with Gasteiger partial charge in [-0.05, 0) is 13.8 Å². The second-order valence-corrected chi connectivity index (χ2v) is 7.47. The lowest BCUT2D eigenvalue weighted by Crippen LogP contribution is -2.45. The van der Waals surface area contributed by atoms with Gasteiger partial charge in [0.05, 0.1) is 55.9 Å². The van der Waals surface area contributed by atoms with Gasteiger partial charge in [-0.3, -0.25) is 5.10 Å². The van der Waals surface area contributed by atoms with Crippen molar-refractivity contribution in [3.8, 4) is 5.82 Å². The maximum absolute atomic E-state index is 5.65. The Bertz CT molecular complexity index is 955. The van der Waals surface area contributed by atoms with Crippen molar-refractivity contribution in [3.05, 3.63) is 24.5 Å². The molecule has 2 aliphatic heterocycles. The van der Waals surface area contributed by atoms with E-state index >= 15 is 0 Å². The molecule has 1 N–H and O–H groups in total. The first-order chi connectivity index (χ1) is 13.7. The number of aromatic amines is 1. The topological polar surface area (TPSA) is 84.3 Å². The van der Waals surface area contributed by atoms with Crippen LogP contribution in [0.25, 0.3) is 16.9 Å². The quantitative estimate of drug-likeness (QED) is 0.735. The van der Waals surface area contributed by atoms with Crippen molar-refractivity contribution in [2.24, 2.45) is 0 Å². The molecule has 5 rings (SSSR count). The van der Waals surface area contributed by atoms with Gasteiger partial charge in [-0.2, -0.15) is 14.9 Å². The first-order valence-electron chi connectivity index (χ1n) is 9.79. The van der Waals surface area contributed by atoms with E-state index in [0.717, 1.165) is 54.7 Å². The van der Waals surface area contributed by atoms with Gasteiger partial charge in [0.15, 0.2) is 11.5 Å². The van der Waals surface area contributed by atoms with E-state index in [9.17, 15) is 0 Å². The highest BCUT2D eigenvalue weighted by atomic mass is 16.5. The molecule has 9 nitrogen and oxygen atoms in total. The summed E-state index contributed by atoms with van der Waals surface area (Å²) in [6.07, 6.45) is 3.62. The van der Waals surface area contributed by atoms with Crippen LogP contribution in [0, 0.1) is 0 Å². The second-order valence-electron chi connectivity index (χ2n) is 7.47. The number of hydrogen-bond donors (Lipinski definition) is 1. The van der Waals surface area contributed by atoms with E-state index in [-0.39, 0.29) is 6.04 Å². The van der Waals surface area contributed by atoms with Crippen molar-refractivity contribution >= 4 is 22.5 Å². The Labute approximate surface area is 163 Å². The zero-order chi connectivity index (χ0) is 19.1. The molecule has 2 saturated heterocycles. The average Bonchev–Trinajstić information content (AvgIpc) is 3.37. The molecule has 2 aliphatic rings. The molecule has 9 heteroatoms. The van der Waals surface area contributed by atoms with Gasteiger partial charge in [-0.25, -0.2) is 4.98 Å². The maximum atomic E-state index is 5.65. The van der Waals surface area contributed by atoms with Crippen molar-refractivity contribution in [3.63, 3.8) is 0 Å². The molecule has 0 saturated carbocycles. The molecule has 0 aromatic carbocycles. The molecule has 2 atom stereocenters. The standard InChI is InChI=1S/C19H25N7O2/c1-13-11-27-7-5-24(13)16-9-18(25-6-8-28-12-14(25)2)22-19-15(16)10-21-26(19)17-3-4-20-23-17/h3-4,9-10,13-14H,5-8,11-12H2,1-2H3,(H,20,23)/t13-,14-/m1/s1. The van der Waals surface area contributed by atoms with E-state index in [2.05, 4.69) is 45.0 Å². The maximum Gasteiger partial charge on any atom is 0.169 e. The van der Waals surface area contributed by atoms with Gasteiger partial charge in [-0.1, -0.05) is 0 Å². The molecule has 0 spiro atoms. The summed E-state index contributed by atoms with van der Waals surface area (Å²) < 4.78 is 13.1. The molecule has 0 radical (unpaired) electrons. The van der Waals surface area contributed by atoms with E-state index in [1.165, 1.54) is 0 Å². The third-order valence-electron chi connectivity index (χ3n) is 5.56. The predicted molar refractivity (Wildman–Crippen MR) is 106 cm³/mol. The summed E-state index contributed by atoms with van der Waals surface area (Å²) in [7, 11) is 0. The van der Waals surface area contributed by atoms with E-state index in [1.54, 1.807) is 6.20 Å². The van der Waals surface area contributed by atoms with Gasteiger partial charge in [-0.15, -0.1) is 0 Å². The molecule has 5 heterocycles. The van der Waals surface area contributed by atoms with Crippen molar-refractivity contribution < 1.29 is 9.47 Å². The SMILES string of the molecule is C[C@@H]1COCCN1c1cc(N2CCOC[C@H]2C)c2cnn(-c3ccn[nH]3)c2n1. The minimum atomic E-state index is 0.275. The summed E-state index contributed by atoms with van der Waals surface area (Å²) >= 11 is 0. The van der Waals surface area contributed by atoms with Crippen LogP contribution in [0.2, 0.25) is 0 Å². The Hall–Kier alpha value is -2.65. The first-order valence-corrected chi connectivity index (χ1v) is 9.79. The lowest BCUT2D eigenvalue weighted by molar-refractivity contribution is 0.0981. The Kier molecular flexibility index (Phi) is 4.40. The average molecular weight is 383 g/mol. The fourth-order valence-corrected chi connectivity index (χ4v) is 4.05. The van der Waals surface area contributed by atoms with E-state index in [0.29, 0.717) is 19.3 Å². The molecule has 0 aliphatic carbocycles. The molecule has 2 fully saturated rings. The van der Waals surface area contributed by atoms with Gasteiger partial charge >= 0.3 is 0 Å². The lowest BCUT2D eigenvalue weighted by Gasteiger charge is -2.38. The fourth-order valence-electron chi connectivity index (χ4n) is 4.05. The molecular weight excluding hydrogens is 358 g/mol. The number of fused-ring (bicyclic) bond motifs is 1. The Morgan fingerprint density at radius 2 is 1.82 bits per heavy atom. The number of nitrogens with one attached hydrogen (secondary N) is 1. The van der Waals surface area contributed by atoms with Crippen LogP contribution in [0.4, 0.5) is 11.5 Å². The summed E-state index contributed by atoms with van der Waals surface area (Å²) in [6, 6.07) is 4.67. The fraction of sp³-hybridized carbons (Fsp3) is 0.526. The smallest absolute Gasteiger partial charge is 0.169 e. The van der Waals surface area contributed by atoms with Crippen molar-refractivity contribution in [1.29, 1.82) is 0 Å². The molecule has 148 valence electrons. The van der Waals surface area contributed by atoms with Crippen LogP contribution in [-0.4, -0.2) is 76.6 Å². The number of nitrogens with zero attached hydrogens (tertiary/aromatic N) is 6. The third kappa shape index (κ3) is 2.91. The Morgan fingerprint density at radius 1 is 1.07 bits per heavy atom. The number of hydrogen-bond acceptors (Lipinski definition) is 7. The number of H-pyrrole nitrogens is 1. The second kappa shape index (κ2) is 7.06. The molecule has 3 aromatic rings. The Morgan fingerprint density at radius 3 is 2.50 bits per heavy atom. The largest absolute Gasteiger partial charge is 0.377 e. The van der Waals surface area contributed by atoms with E-state index in [4.69, 9.17) is 14.5 Å². The Balaban J connectivity index is 1.68. The van der Waals surface area contributed by atoms with Crippen molar-refractivity contribution in [2.45, 2.75) is 25.9 Å². The highest BCUT2D eigenvalue weighted by molar-refractivity contribution is 5.92. The zero-order valence-corrected chi connectivity index (χ0v) is 16.2. The van der Waals surface area contributed by atoms with Crippen LogP contribution in [0.15, 0.2) is 24.5 Å². The molecule has 0 unspecified atom stereocenters. The number of pyridine rings is 1. The number of morpholine rings is 2. The minimum absolute atomic E-state index is 0.275. The lowest BCUT2D eigenvalue weighted by atomic mass is 10.1. The van der Waals surface area contributed by atoms with Gasteiger partial charge < -0.3 is 19.3 Å². The number of anilines is 2. The zero-order valence-electron chi connectivity index (χ0n) is 16.2. The van der Waals surface area contributed by atoms with Crippen LogP contribution in [-0.2, 0) is 9.47 Å². The van der Waals surface area contributed by atoms with E-state index in [1.807, 2.05) is 16.9 Å². The van der Waals surface area contributed by atoms with E-state index < -0.39 is 0 Å². The molecule has 0 bridgehead atoms. The summed E-state index contributed by atoms with van der Waals surface area (Å²) in [6.45, 7) is 8.93. The number of rotatable bonds is 3.